The molecule has 1 N–H and O–H groups in total. The van der Waals surface area contributed by atoms with E-state index in [1.807, 2.05) is 37.3 Å². The second-order valence-corrected chi connectivity index (χ2v) is 5.49. The summed E-state index contributed by atoms with van der Waals surface area (Å²) in [6, 6.07) is 16.3. The van der Waals surface area contributed by atoms with Gasteiger partial charge in [0.2, 0.25) is 0 Å². The quantitative estimate of drug-likeness (QED) is 0.736. The first kappa shape index (κ1) is 16.1. The number of hydrogen-bond acceptors (Lipinski definition) is 2. The second kappa shape index (κ2) is 8.23. The average molecular weight is 298 g/mol. The number of carboxylic acids is 1. The van der Waals surface area contributed by atoms with Crippen molar-refractivity contribution in [3.05, 3.63) is 65.2 Å². The molecular formula is C19H22O3. The number of carboxylic acid groups (broad SMARTS) is 1. The van der Waals surface area contributed by atoms with Gasteiger partial charge in [-0.3, -0.25) is 4.79 Å². The molecule has 0 amide bonds. The van der Waals surface area contributed by atoms with Gasteiger partial charge in [0.15, 0.2) is 0 Å². The van der Waals surface area contributed by atoms with Crippen LogP contribution in [0.1, 0.15) is 36.0 Å². The molecule has 2 aromatic carbocycles. The van der Waals surface area contributed by atoms with Gasteiger partial charge in [-0.25, -0.2) is 0 Å². The zero-order valence-electron chi connectivity index (χ0n) is 12.9. The molecule has 0 saturated heterocycles. The van der Waals surface area contributed by atoms with E-state index in [2.05, 4.69) is 18.2 Å². The Bertz CT molecular complexity index is 605. The summed E-state index contributed by atoms with van der Waals surface area (Å²) in [5.74, 6) is 0.170. The lowest BCUT2D eigenvalue weighted by molar-refractivity contribution is -0.137. The summed E-state index contributed by atoms with van der Waals surface area (Å²) in [5, 5.41) is 8.69. The van der Waals surface area contributed by atoms with Gasteiger partial charge in [-0.05, 0) is 48.9 Å². The molecule has 0 spiro atoms. The van der Waals surface area contributed by atoms with Crippen LogP contribution >= 0.6 is 0 Å². The molecule has 22 heavy (non-hydrogen) atoms. The second-order valence-electron chi connectivity index (χ2n) is 5.49. The van der Waals surface area contributed by atoms with Crippen LogP contribution in [0.2, 0.25) is 0 Å². The monoisotopic (exact) mass is 298 g/mol. The molecule has 0 radical (unpaired) electrons. The van der Waals surface area contributed by atoms with Gasteiger partial charge in [0.25, 0.3) is 0 Å². The van der Waals surface area contributed by atoms with Crippen LogP contribution < -0.4 is 4.74 Å². The Balaban J connectivity index is 1.96. The van der Waals surface area contributed by atoms with Crippen molar-refractivity contribution in [1.29, 1.82) is 0 Å². The zero-order valence-corrected chi connectivity index (χ0v) is 12.9. The van der Waals surface area contributed by atoms with Gasteiger partial charge in [-0.15, -0.1) is 0 Å². The molecular weight excluding hydrogens is 276 g/mol. The first-order valence-electron chi connectivity index (χ1n) is 7.63. The number of unbranched alkanes of at least 4 members (excludes halogenated alkanes) is 1. The fourth-order valence-electron chi connectivity index (χ4n) is 2.33. The van der Waals surface area contributed by atoms with Crippen molar-refractivity contribution in [2.45, 2.75) is 39.2 Å². The summed E-state index contributed by atoms with van der Waals surface area (Å²) in [7, 11) is 0. The van der Waals surface area contributed by atoms with E-state index in [0.29, 0.717) is 13.0 Å². The maximum absolute atomic E-state index is 10.6. The number of hydrogen-bond donors (Lipinski definition) is 1. The molecule has 0 fully saturated rings. The molecule has 0 aliphatic heterocycles. The van der Waals surface area contributed by atoms with Crippen LogP contribution in [-0.4, -0.2) is 11.1 Å². The van der Waals surface area contributed by atoms with E-state index in [-0.39, 0.29) is 6.42 Å². The summed E-state index contributed by atoms with van der Waals surface area (Å²) in [6.45, 7) is 2.59. The molecule has 2 aromatic rings. The summed E-state index contributed by atoms with van der Waals surface area (Å²) < 4.78 is 5.97. The molecule has 2 rings (SSSR count). The van der Waals surface area contributed by atoms with Gasteiger partial charge in [-0.2, -0.15) is 0 Å². The molecule has 0 saturated carbocycles. The van der Waals surface area contributed by atoms with Crippen LogP contribution in [0.3, 0.4) is 0 Å². The first-order chi connectivity index (χ1) is 10.6. The molecule has 3 nitrogen and oxygen atoms in total. The van der Waals surface area contributed by atoms with Crippen molar-refractivity contribution in [3.63, 3.8) is 0 Å². The van der Waals surface area contributed by atoms with Crippen LogP contribution in [-0.2, 0) is 17.8 Å². The summed E-state index contributed by atoms with van der Waals surface area (Å²) in [5.41, 5.74) is 3.45. The van der Waals surface area contributed by atoms with Crippen LogP contribution in [0.25, 0.3) is 0 Å². The third kappa shape index (κ3) is 5.24. The zero-order chi connectivity index (χ0) is 15.8. The van der Waals surface area contributed by atoms with Crippen LogP contribution in [0.4, 0.5) is 0 Å². The Morgan fingerprint density at radius 3 is 2.59 bits per heavy atom. The van der Waals surface area contributed by atoms with Crippen molar-refractivity contribution in [1.82, 2.24) is 0 Å². The first-order valence-corrected chi connectivity index (χ1v) is 7.63. The summed E-state index contributed by atoms with van der Waals surface area (Å²) in [6.07, 6.45) is 2.63. The van der Waals surface area contributed by atoms with Crippen molar-refractivity contribution < 1.29 is 14.6 Å². The van der Waals surface area contributed by atoms with E-state index in [4.69, 9.17) is 9.84 Å². The van der Waals surface area contributed by atoms with Gasteiger partial charge in [-0.1, -0.05) is 42.5 Å². The Morgan fingerprint density at radius 2 is 1.86 bits per heavy atom. The fraction of sp³-hybridized carbons (Fsp3) is 0.316. The SMILES string of the molecule is Cc1ccc(CCCCC(=O)O)c(OCc2ccccc2)c1. The van der Waals surface area contributed by atoms with Gasteiger partial charge >= 0.3 is 5.97 Å². The standard InChI is InChI=1S/C19H22O3/c1-15-11-12-17(9-5-6-10-19(20)21)18(13-15)22-14-16-7-3-2-4-8-16/h2-4,7-8,11-13H,5-6,9-10,14H2,1H3,(H,20,21). The molecule has 0 atom stereocenters. The normalized spacial score (nSPS) is 10.4. The molecule has 3 heteroatoms. The van der Waals surface area contributed by atoms with Crippen molar-refractivity contribution in [3.8, 4) is 5.75 Å². The lowest BCUT2D eigenvalue weighted by atomic mass is 10.0. The third-order valence-corrected chi connectivity index (χ3v) is 3.55. The largest absolute Gasteiger partial charge is 0.489 e. The fourth-order valence-corrected chi connectivity index (χ4v) is 2.33. The van der Waals surface area contributed by atoms with Crippen molar-refractivity contribution in [2.24, 2.45) is 0 Å². The molecule has 0 heterocycles. The Morgan fingerprint density at radius 1 is 1.09 bits per heavy atom. The molecule has 0 aliphatic rings. The highest BCUT2D eigenvalue weighted by Gasteiger charge is 2.06. The topological polar surface area (TPSA) is 46.5 Å². The van der Waals surface area contributed by atoms with E-state index in [9.17, 15) is 4.79 Å². The number of aliphatic carboxylic acids is 1. The van der Waals surface area contributed by atoms with Gasteiger partial charge in [0.1, 0.15) is 12.4 Å². The Hall–Kier alpha value is -2.29. The highest BCUT2D eigenvalue weighted by Crippen LogP contribution is 2.23. The van der Waals surface area contributed by atoms with E-state index in [1.54, 1.807) is 0 Å². The predicted octanol–water partition coefficient (Wildman–Crippen LogP) is 4.37. The molecule has 0 bridgehead atoms. The number of rotatable bonds is 8. The van der Waals surface area contributed by atoms with Crippen LogP contribution in [0, 0.1) is 6.92 Å². The van der Waals surface area contributed by atoms with Crippen LogP contribution in [0.15, 0.2) is 48.5 Å². The van der Waals surface area contributed by atoms with Gasteiger partial charge < -0.3 is 9.84 Å². The van der Waals surface area contributed by atoms with Crippen molar-refractivity contribution in [2.75, 3.05) is 0 Å². The number of carbonyl (C=O) groups is 1. The smallest absolute Gasteiger partial charge is 0.303 e. The maximum Gasteiger partial charge on any atom is 0.303 e. The van der Waals surface area contributed by atoms with E-state index >= 15 is 0 Å². The average Bonchev–Trinajstić information content (AvgIpc) is 2.52. The highest BCUT2D eigenvalue weighted by atomic mass is 16.5. The minimum Gasteiger partial charge on any atom is -0.489 e. The summed E-state index contributed by atoms with van der Waals surface area (Å²) >= 11 is 0. The lowest BCUT2D eigenvalue weighted by Crippen LogP contribution is -2.00. The third-order valence-electron chi connectivity index (χ3n) is 3.55. The number of benzene rings is 2. The van der Waals surface area contributed by atoms with Crippen LogP contribution in [0.5, 0.6) is 5.75 Å². The molecule has 116 valence electrons. The summed E-state index contributed by atoms with van der Waals surface area (Å²) in [4.78, 5) is 10.6. The number of ether oxygens (including phenoxy) is 1. The van der Waals surface area contributed by atoms with Gasteiger partial charge in [0, 0.05) is 6.42 Å². The molecule has 0 aliphatic carbocycles. The van der Waals surface area contributed by atoms with Crippen molar-refractivity contribution >= 4 is 5.97 Å². The van der Waals surface area contributed by atoms with E-state index < -0.39 is 5.97 Å². The Labute approximate surface area is 131 Å². The molecule has 0 aromatic heterocycles. The molecule has 0 unspecified atom stereocenters. The predicted molar refractivity (Wildman–Crippen MR) is 87.1 cm³/mol. The lowest BCUT2D eigenvalue weighted by Gasteiger charge is -2.12. The van der Waals surface area contributed by atoms with E-state index in [0.717, 1.165) is 35.3 Å². The Kier molecular flexibility index (Phi) is 6.01. The maximum atomic E-state index is 10.6. The van der Waals surface area contributed by atoms with E-state index in [1.165, 1.54) is 0 Å². The highest BCUT2D eigenvalue weighted by molar-refractivity contribution is 5.66. The van der Waals surface area contributed by atoms with Gasteiger partial charge in [0.05, 0.1) is 0 Å². The minimum absolute atomic E-state index is 0.228. The number of aryl methyl sites for hydroxylation is 2. The minimum atomic E-state index is -0.732.